The topological polar surface area (TPSA) is 108 Å². The molecule has 0 spiro atoms. The van der Waals surface area contributed by atoms with Crippen LogP contribution in [-0.4, -0.2) is 70.9 Å². The third kappa shape index (κ3) is 7.91. The van der Waals surface area contributed by atoms with Crippen molar-refractivity contribution in [3.63, 3.8) is 0 Å². The van der Waals surface area contributed by atoms with E-state index in [9.17, 15) is 23.6 Å². The lowest BCUT2D eigenvalue weighted by Gasteiger charge is -2.36. The van der Waals surface area contributed by atoms with E-state index in [1.165, 1.54) is 17.0 Å². The number of nitrogens with zero attached hydrogens (tertiary/aromatic N) is 2. The summed E-state index contributed by atoms with van der Waals surface area (Å²) in [7, 11) is 0. The van der Waals surface area contributed by atoms with Crippen LogP contribution in [0.3, 0.4) is 0 Å². The van der Waals surface area contributed by atoms with Crippen molar-refractivity contribution in [1.82, 2.24) is 20.4 Å². The number of amides is 4. The number of carbonyl (C=O) groups excluding carboxylic acids is 4. The number of nitrogens with one attached hydrogen (secondary N) is 2. The Kier molecular flexibility index (Phi) is 9.73. The molecule has 38 heavy (non-hydrogen) atoms. The van der Waals surface area contributed by atoms with E-state index in [4.69, 9.17) is 4.74 Å². The van der Waals surface area contributed by atoms with Crippen molar-refractivity contribution < 1.29 is 31.2 Å². The first-order valence-corrected chi connectivity index (χ1v) is 13.5. The predicted octanol–water partition coefficient (Wildman–Crippen LogP) is 3.71. The molecule has 2 saturated heterocycles. The van der Waals surface area contributed by atoms with Crippen LogP contribution in [0.15, 0.2) is 24.3 Å². The molecule has 2 N–H and O–H groups in total. The number of piperidine rings is 1. The average molecular weight is 537 g/mol. The quantitative estimate of drug-likeness (QED) is 0.552. The van der Waals surface area contributed by atoms with Gasteiger partial charge in [-0.2, -0.15) is 0 Å². The van der Waals surface area contributed by atoms with Gasteiger partial charge in [0.2, 0.25) is 17.7 Å². The highest BCUT2D eigenvalue weighted by molar-refractivity contribution is 5.89. The molecule has 214 valence electrons. The van der Waals surface area contributed by atoms with Gasteiger partial charge in [0.25, 0.3) is 0 Å². The van der Waals surface area contributed by atoms with Gasteiger partial charge >= 0.3 is 6.09 Å². The van der Waals surface area contributed by atoms with Gasteiger partial charge in [0.15, 0.2) is 0 Å². The maximum atomic E-state index is 13.2. The van der Waals surface area contributed by atoms with Crippen molar-refractivity contribution in [2.75, 3.05) is 19.6 Å². The SMILES string of the molecule is CC(C)[C@@H](NC(=O)C1CCN(C(=O)[C@@H]2CCCN2C(=O)OC(C)(C)C)CC1)C(=O)NCc1ccc(F)cc1.[HH].[HH]. The van der Waals surface area contributed by atoms with Crippen molar-refractivity contribution in [1.29, 1.82) is 0 Å². The van der Waals surface area contributed by atoms with Crippen LogP contribution in [0.5, 0.6) is 0 Å². The van der Waals surface area contributed by atoms with Crippen LogP contribution in [-0.2, 0) is 25.7 Å². The molecule has 0 aliphatic carbocycles. The van der Waals surface area contributed by atoms with Gasteiger partial charge in [0, 0.05) is 35.0 Å². The molecule has 0 radical (unpaired) electrons. The Morgan fingerprint density at radius 2 is 1.68 bits per heavy atom. The number of likely N-dealkylation sites (tertiary alicyclic amines) is 2. The first-order chi connectivity index (χ1) is 17.9. The smallest absolute Gasteiger partial charge is 0.410 e. The van der Waals surface area contributed by atoms with Crippen molar-refractivity contribution in [2.24, 2.45) is 11.8 Å². The molecule has 2 aliphatic heterocycles. The van der Waals surface area contributed by atoms with E-state index < -0.39 is 23.8 Å². The van der Waals surface area contributed by atoms with E-state index in [0.717, 1.165) is 12.0 Å². The average Bonchev–Trinajstić information content (AvgIpc) is 3.35. The lowest BCUT2D eigenvalue weighted by molar-refractivity contribution is -0.140. The second kappa shape index (κ2) is 12.6. The first-order valence-electron chi connectivity index (χ1n) is 13.5. The molecule has 2 aliphatic rings. The van der Waals surface area contributed by atoms with Gasteiger partial charge in [0.1, 0.15) is 23.5 Å². The number of rotatable bonds is 7. The number of ether oxygens (including phenoxy) is 1. The molecule has 9 nitrogen and oxygen atoms in total. The highest BCUT2D eigenvalue weighted by Crippen LogP contribution is 2.25. The molecule has 10 heteroatoms. The third-order valence-electron chi connectivity index (χ3n) is 6.97. The maximum Gasteiger partial charge on any atom is 0.410 e. The molecule has 4 amide bonds. The van der Waals surface area contributed by atoms with Gasteiger partial charge in [-0.3, -0.25) is 19.3 Å². The lowest BCUT2D eigenvalue weighted by atomic mass is 9.94. The van der Waals surface area contributed by atoms with Crippen molar-refractivity contribution in [3.8, 4) is 0 Å². The fourth-order valence-electron chi connectivity index (χ4n) is 4.84. The Labute approximate surface area is 227 Å². The molecule has 0 bridgehead atoms. The Morgan fingerprint density at radius 3 is 2.26 bits per heavy atom. The standard InChI is InChI=1S/C28H41FN4O5.2H2/c1-18(2)23(25(35)30-17-19-8-10-21(29)11-9-19)31-24(34)20-12-15-32(16-13-20)26(36)22-7-6-14-33(22)27(37)38-28(3,4)5;;/h8-11,18,20,22-23H,6-7,12-17H2,1-5H3,(H,30,35)(H,31,34);2*1H/t22-,23+;;/m0../s1. The molecule has 2 atom stereocenters. The first kappa shape index (κ1) is 29.4. The zero-order chi connectivity index (χ0) is 28.0. The Morgan fingerprint density at radius 1 is 1.05 bits per heavy atom. The van der Waals surface area contributed by atoms with E-state index in [1.807, 2.05) is 13.8 Å². The minimum absolute atomic E-state index is 0. The van der Waals surface area contributed by atoms with Gasteiger partial charge in [0.05, 0.1) is 0 Å². The van der Waals surface area contributed by atoms with E-state index >= 15 is 0 Å². The Hall–Kier alpha value is -3.17. The number of hydrogen-bond donors (Lipinski definition) is 2. The zero-order valence-corrected chi connectivity index (χ0v) is 23.1. The molecule has 0 saturated carbocycles. The van der Waals surface area contributed by atoms with E-state index in [2.05, 4.69) is 10.6 Å². The largest absolute Gasteiger partial charge is 0.444 e. The van der Waals surface area contributed by atoms with Crippen LogP contribution in [0.2, 0.25) is 0 Å². The molecule has 3 rings (SSSR count). The van der Waals surface area contributed by atoms with E-state index in [0.29, 0.717) is 38.9 Å². The number of halogens is 1. The summed E-state index contributed by atoms with van der Waals surface area (Å²) in [5.74, 6) is -1.39. The fraction of sp³-hybridized carbons (Fsp3) is 0.643. The summed E-state index contributed by atoms with van der Waals surface area (Å²) in [5, 5.41) is 5.71. The van der Waals surface area contributed by atoms with E-state index in [-0.39, 0.29) is 44.8 Å². The summed E-state index contributed by atoms with van der Waals surface area (Å²) < 4.78 is 18.6. The summed E-state index contributed by atoms with van der Waals surface area (Å²) in [6.45, 7) is 10.7. The molecule has 0 aromatic heterocycles. The zero-order valence-electron chi connectivity index (χ0n) is 23.1. The molecule has 1 aromatic rings. The summed E-state index contributed by atoms with van der Waals surface area (Å²) in [6, 6.07) is 4.64. The van der Waals surface area contributed by atoms with Crippen LogP contribution in [0.4, 0.5) is 9.18 Å². The lowest BCUT2D eigenvalue weighted by Crippen LogP contribution is -2.54. The highest BCUT2D eigenvalue weighted by Gasteiger charge is 2.40. The van der Waals surface area contributed by atoms with E-state index in [1.54, 1.807) is 37.8 Å². The molecule has 2 fully saturated rings. The molecule has 1 aromatic carbocycles. The minimum atomic E-state index is -0.705. The summed E-state index contributed by atoms with van der Waals surface area (Å²) >= 11 is 0. The number of hydrogen-bond acceptors (Lipinski definition) is 5. The molecular weight excluding hydrogens is 491 g/mol. The van der Waals surface area contributed by atoms with Crippen molar-refractivity contribution in [3.05, 3.63) is 35.6 Å². The summed E-state index contributed by atoms with van der Waals surface area (Å²) in [5.41, 5.74) is 0.128. The van der Waals surface area contributed by atoms with Gasteiger partial charge in [-0.1, -0.05) is 26.0 Å². The van der Waals surface area contributed by atoms with Gasteiger partial charge < -0.3 is 20.3 Å². The number of benzene rings is 1. The molecule has 0 unspecified atom stereocenters. The fourth-order valence-corrected chi connectivity index (χ4v) is 4.84. The monoisotopic (exact) mass is 536 g/mol. The third-order valence-corrected chi connectivity index (χ3v) is 6.97. The molecular formula is C28H45FN4O5. The van der Waals surface area contributed by atoms with Crippen LogP contribution in [0, 0.1) is 17.7 Å². The second-order valence-corrected chi connectivity index (χ2v) is 11.5. The van der Waals surface area contributed by atoms with Crippen LogP contribution >= 0.6 is 0 Å². The normalized spacial score (nSPS) is 19.3. The van der Waals surface area contributed by atoms with Crippen LogP contribution < -0.4 is 10.6 Å². The predicted molar refractivity (Wildman–Crippen MR) is 145 cm³/mol. The maximum absolute atomic E-state index is 13.2. The summed E-state index contributed by atoms with van der Waals surface area (Å²) in [4.78, 5) is 54.9. The van der Waals surface area contributed by atoms with Gasteiger partial charge in [-0.25, -0.2) is 9.18 Å². The van der Waals surface area contributed by atoms with Crippen LogP contribution in [0.25, 0.3) is 0 Å². The summed E-state index contributed by atoms with van der Waals surface area (Å²) in [6.07, 6.45) is 1.84. The van der Waals surface area contributed by atoms with Crippen molar-refractivity contribution >= 4 is 23.8 Å². The van der Waals surface area contributed by atoms with Crippen molar-refractivity contribution in [2.45, 2.75) is 84.5 Å². The minimum Gasteiger partial charge on any atom is -0.444 e. The van der Waals surface area contributed by atoms with Crippen LogP contribution in [0.1, 0.15) is 68.7 Å². The van der Waals surface area contributed by atoms with Gasteiger partial charge in [-0.15, -0.1) is 0 Å². The highest BCUT2D eigenvalue weighted by atomic mass is 19.1. The second-order valence-electron chi connectivity index (χ2n) is 11.5. The van der Waals surface area contributed by atoms with Gasteiger partial charge in [-0.05, 0) is 70.1 Å². The Balaban J connectivity index is 0.00000400. The Bertz CT molecular complexity index is 1010. The molecule has 2 heterocycles. The number of carbonyl (C=O) groups is 4.